The second kappa shape index (κ2) is 9.36. The highest BCUT2D eigenvalue weighted by molar-refractivity contribution is 8.00. The number of halogens is 1. The maximum Gasteiger partial charge on any atom is 0.308 e. The van der Waals surface area contributed by atoms with Crippen molar-refractivity contribution in [1.82, 2.24) is 5.32 Å². The molecule has 1 aromatic rings. The Morgan fingerprint density at radius 1 is 1.48 bits per heavy atom. The number of nitrogens with one attached hydrogen (secondary N) is 1. The molecule has 0 fully saturated rings. The van der Waals surface area contributed by atoms with Crippen molar-refractivity contribution in [3.8, 4) is 0 Å². The average molecular weight is 361 g/mol. The Kier molecular flexibility index (Phi) is 7.84. The zero-order valence-corrected chi connectivity index (χ0v) is 14.0. The average Bonchev–Trinajstić information content (AvgIpc) is 2.49. The quantitative estimate of drug-likeness (QED) is 0.398. The van der Waals surface area contributed by atoms with Crippen molar-refractivity contribution in [1.29, 1.82) is 0 Å². The minimum absolute atomic E-state index is 0.0407. The summed E-state index contributed by atoms with van der Waals surface area (Å²) in [4.78, 5) is 33.5. The van der Waals surface area contributed by atoms with Crippen LogP contribution in [0.2, 0.25) is 5.02 Å². The molecule has 1 aromatic carbocycles. The fourth-order valence-electron chi connectivity index (χ4n) is 1.85. The maximum atomic E-state index is 11.8. The molecule has 1 amide bonds. The summed E-state index contributed by atoms with van der Waals surface area (Å²) in [6.45, 7) is 1.92. The number of carbonyl (C=O) groups is 2. The van der Waals surface area contributed by atoms with E-state index in [0.717, 1.165) is 11.8 Å². The molecule has 0 aliphatic rings. The molecule has 0 aromatic heterocycles. The summed E-state index contributed by atoms with van der Waals surface area (Å²) >= 11 is 6.72. The molecule has 1 unspecified atom stereocenters. The molecular weight excluding hydrogens is 344 g/mol. The van der Waals surface area contributed by atoms with Gasteiger partial charge in [-0.2, -0.15) is 0 Å². The number of nitro benzene ring substituents is 1. The second-order valence-electron chi connectivity index (χ2n) is 4.79. The van der Waals surface area contributed by atoms with Gasteiger partial charge in [0, 0.05) is 17.6 Å². The number of rotatable bonds is 9. The number of hydrogen-bond acceptors (Lipinski definition) is 5. The number of nitrogens with zero attached hydrogens (tertiary/aromatic N) is 1. The molecule has 126 valence electrons. The first-order valence-corrected chi connectivity index (χ1v) is 8.27. The topological polar surface area (TPSA) is 110 Å². The van der Waals surface area contributed by atoms with Crippen molar-refractivity contribution in [3.05, 3.63) is 33.3 Å². The lowest BCUT2D eigenvalue weighted by molar-refractivity contribution is -0.387. The highest BCUT2D eigenvalue weighted by Gasteiger charge is 2.19. The zero-order valence-electron chi connectivity index (χ0n) is 12.5. The molecule has 0 saturated carbocycles. The molecule has 0 spiro atoms. The largest absolute Gasteiger partial charge is 0.481 e. The Morgan fingerprint density at radius 2 is 2.17 bits per heavy atom. The molecule has 1 atom stereocenters. The normalized spacial score (nSPS) is 11.7. The summed E-state index contributed by atoms with van der Waals surface area (Å²) in [6.07, 6.45) is 1.18. The van der Waals surface area contributed by atoms with Crippen LogP contribution in [0.15, 0.2) is 23.1 Å². The van der Waals surface area contributed by atoms with Gasteiger partial charge in [0.1, 0.15) is 0 Å². The minimum atomic E-state index is -0.951. The Labute approximate surface area is 142 Å². The van der Waals surface area contributed by atoms with Crippen molar-refractivity contribution in [2.45, 2.75) is 24.7 Å². The summed E-state index contributed by atoms with van der Waals surface area (Å²) in [7, 11) is 0. The number of benzene rings is 1. The number of carboxylic acid groups (broad SMARTS) is 1. The van der Waals surface area contributed by atoms with Gasteiger partial charge in [0.25, 0.3) is 5.69 Å². The number of amides is 1. The molecule has 23 heavy (non-hydrogen) atoms. The Bertz CT molecular complexity index is 597. The van der Waals surface area contributed by atoms with Crippen molar-refractivity contribution >= 4 is 40.9 Å². The number of hydrogen-bond donors (Lipinski definition) is 2. The molecule has 0 aliphatic heterocycles. The van der Waals surface area contributed by atoms with Gasteiger partial charge < -0.3 is 10.4 Å². The first-order valence-electron chi connectivity index (χ1n) is 6.91. The van der Waals surface area contributed by atoms with Crippen LogP contribution in [-0.2, 0) is 9.59 Å². The van der Waals surface area contributed by atoms with E-state index in [9.17, 15) is 19.7 Å². The van der Waals surface area contributed by atoms with Crippen LogP contribution in [0, 0.1) is 16.0 Å². The van der Waals surface area contributed by atoms with E-state index in [0.29, 0.717) is 17.7 Å². The monoisotopic (exact) mass is 360 g/mol. The molecule has 0 heterocycles. The first-order chi connectivity index (χ1) is 10.8. The van der Waals surface area contributed by atoms with Gasteiger partial charge in [-0.1, -0.05) is 24.9 Å². The van der Waals surface area contributed by atoms with Crippen LogP contribution < -0.4 is 5.32 Å². The summed E-state index contributed by atoms with van der Waals surface area (Å²) in [6, 6.07) is 4.22. The zero-order chi connectivity index (χ0) is 17.4. The molecule has 9 heteroatoms. The van der Waals surface area contributed by atoms with E-state index in [2.05, 4.69) is 5.32 Å². The number of aliphatic carboxylic acids is 1. The van der Waals surface area contributed by atoms with Crippen LogP contribution in [0.3, 0.4) is 0 Å². The smallest absolute Gasteiger partial charge is 0.308 e. The molecule has 0 saturated heterocycles. The molecule has 0 aliphatic carbocycles. The van der Waals surface area contributed by atoms with Gasteiger partial charge in [0.15, 0.2) is 0 Å². The lowest BCUT2D eigenvalue weighted by atomic mass is 10.0. The molecule has 0 radical (unpaired) electrons. The molecule has 2 N–H and O–H groups in total. The Hall–Kier alpha value is -1.80. The van der Waals surface area contributed by atoms with E-state index in [1.807, 2.05) is 6.92 Å². The van der Waals surface area contributed by atoms with Crippen LogP contribution in [0.25, 0.3) is 0 Å². The standard InChI is InChI=1S/C14H17ClN2O5S/c1-2-3-9(14(19)20)7-16-13(18)8-23-12-5-4-10(15)6-11(12)17(21)22/h4-6,9H,2-3,7-8H2,1H3,(H,16,18)(H,19,20). The number of thioether (sulfide) groups is 1. The molecule has 1 rings (SSSR count). The predicted molar refractivity (Wildman–Crippen MR) is 87.9 cm³/mol. The van der Waals surface area contributed by atoms with Crippen molar-refractivity contribution < 1.29 is 19.6 Å². The lowest BCUT2D eigenvalue weighted by Gasteiger charge is -2.12. The van der Waals surface area contributed by atoms with E-state index in [4.69, 9.17) is 16.7 Å². The highest BCUT2D eigenvalue weighted by atomic mass is 35.5. The van der Waals surface area contributed by atoms with E-state index in [-0.39, 0.29) is 28.9 Å². The van der Waals surface area contributed by atoms with Crippen LogP contribution in [-0.4, -0.2) is 34.2 Å². The van der Waals surface area contributed by atoms with Gasteiger partial charge in [-0.25, -0.2) is 0 Å². The Morgan fingerprint density at radius 3 is 2.74 bits per heavy atom. The first kappa shape index (κ1) is 19.2. The summed E-state index contributed by atoms with van der Waals surface area (Å²) < 4.78 is 0. The predicted octanol–water partition coefficient (Wildman–Crippen LogP) is 2.96. The van der Waals surface area contributed by atoms with Crippen LogP contribution in [0.1, 0.15) is 19.8 Å². The third kappa shape index (κ3) is 6.45. The van der Waals surface area contributed by atoms with Gasteiger partial charge in [0.2, 0.25) is 5.91 Å². The summed E-state index contributed by atoms with van der Waals surface area (Å²) in [5.41, 5.74) is -0.162. The van der Waals surface area contributed by atoms with E-state index < -0.39 is 16.8 Å². The van der Waals surface area contributed by atoms with Gasteiger partial charge in [0.05, 0.1) is 21.5 Å². The maximum absolute atomic E-state index is 11.8. The van der Waals surface area contributed by atoms with Crippen molar-refractivity contribution in [2.75, 3.05) is 12.3 Å². The van der Waals surface area contributed by atoms with E-state index >= 15 is 0 Å². The number of nitro groups is 1. The van der Waals surface area contributed by atoms with Gasteiger partial charge in [-0.3, -0.25) is 19.7 Å². The van der Waals surface area contributed by atoms with Crippen molar-refractivity contribution in [3.63, 3.8) is 0 Å². The van der Waals surface area contributed by atoms with Crippen LogP contribution in [0.5, 0.6) is 0 Å². The van der Waals surface area contributed by atoms with Crippen molar-refractivity contribution in [2.24, 2.45) is 5.92 Å². The fraction of sp³-hybridized carbons (Fsp3) is 0.429. The van der Waals surface area contributed by atoms with E-state index in [1.54, 1.807) is 0 Å². The minimum Gasteiger partial charge on any atom is -0.481 e. The third-order valence-electron chi connectivity index (χ3n) is 3.01. The molecular formula is C14H17ClN2O5S. The van der Waals surface area contributed by atoms with E-state index in [1.165, 1.54) is 18.2 Å². The summed E-state index contributed by atoms with van der Waals surface area (Å²) in [5.74, 6) is -1.99. The van der Waals surface area contributed by atoms with Gasteiger partial charge in [-0.15, -0.1) is 11.8 Å². The highest BCUT2D eigenvalue weighted by Crippen LogP contribution is 2.31. The summed E-state index contributed by atoms with van der Waals surface area (Å²) in [5, 5.41) is 22.7. The second-order valence-corrected chi connectivity index (χ2v) is 6.24. The fourth-order valence-corrected chi connectivity index (χ4v) is 2.85. The van der Waals surface area contributed by atoms with Gasteiger partial charge >= 0.3 is 5.97 Å². The lowest BCUT2D eigenvalue weighted by Crippen LogP contribution is -2.33. The number of carboxylic acids is 1. The number of carbonyl (C=O) groups excluding carboxylic acids is 1. The molecule has 0 bridgehead atoms. The van der Waals surface area contributed by atoms with Crippen LogP contribution in [0.4, 0.5) is 5.69 Å². The molecule has 7 nitrogen and oxygen atoms in total. The third-order valence-corrected chi connectivity index (χ3v) is 4.31. The Balaban J connectivity index is 2.57. The SMILES string of the molecule is CCCC(CNC(=O)CSc1ccc(Cl)cc1[N+](=O)[O-])C(=O)O. The van der Waals surface area contributed by atoms with Crippen LogP contribution >= 0.6 is 23.4 Å². The van der Waals surface area contributed by atoms with Gasteiger partial charge in [-0.05, 0) is 18.6 Å².